The van der Waals surface area contributed by atoms with E-state index in [0.29, 0.717) is 31.9 Å². The maximum absolute atomic E-state index is 13.5. The number of rotatable bonds is 8. The van der Waals surface area contributed by atoms with Gasteiger partial charge in [-0.25, -0.2) is 4.39 Å². The molecule has 0 fully saturated rings. The first kappa shape index (κ1) is 23.5. The molecular weight excluding hydrogens is 455 g/mol. The first-order chi connectivity index (χ1) is 17.6. The number of benzene rings is 3. The van der Waals surface area contributed by atoms with Crippen LogP contribution in [0.15, 0.2) is 91.0 Å². The molecule has 0 saturated carbocycles. The van der Waals surface area contributed by atoms with Gasteiger partial charge in [-0.3, -0.25) is 14.3 Å². The third kappa shape index (κ3) is 5.20. The van der Waals surface area contributed by atoms with Crippen LogP contribution in [0.25, 0.3) is 0 Å². The van der Waals surface area contributed by atoms with E-state index in [1.165, 1.54) is 23.3 Å². The number of carbonyl (C=O) groups excluding carboxylic acids is 2. The molecule has 0 radical (unpaired) electrons. The minimum Gasteiger partial charge on any atom is -0.351 e. The summed E-state index contributed by atoms with van der Waals surface area (Å²) in [7, 11) is 0. The third-order valence-electron chi connectivity index (χ3n) is 6.49. The molecule has 1 N–H and O–H groups in total. The number of nitrogens with one attached hydrogen (secondary N) is 1. The second kappa shape index (κ2) is 10.6. The summed E-state index contributed by atoms with van der Waals surface area (Å²) < 4.78 is 15.1. The van der Waals surface area contributed by atoms with Gasteiger partial charge in [-0.1, -0.05) is 72.8 Å². The predicted octanol–water partition coefficient (Wildman–Crippen LogP) is 4.63. The molecule has 7 heteroatoms. The predicted molar refractivity (Wildman–Crippen MR) is 135 cm³/mol. The van der Waals surface area contributed by atoms with Crippen molar-refractivity contribution in [3.63, 3.8) is 0 Å². The number of carbonyl (C=O) groups is 2. The summed E-state index contributed by atoms with van der Waals surface area (Å²) in [6.45, 7) is 1.70. The summed E-state index contributed by atoms with van der Waals surface area (Å²) in [4.78, 5) is 27.5. The van der Waals surface area contributed by atoms with Gasteiger partial charge in [0.2, 0.25) is 0 Å². The number of aromatic nitrogens is 2. The van der Waals surface area contributed by atoms with E-state index < -0.39 is 0 Å². The topological polar surface area (TPSA) is 67.2 Å². The molecule has 3 aromatic carbocycles. The Labute approximate surface area is 209 Å². The maximum Gasteiger partial charge on any atom is 0.272 e. The third-order valence-corrected chi connectivity index (χ3v) is 6.49. The highest BCUT2D eigenvalue weighted by Gasteiger charge is 2.28. The first-order valence-electron chi connectivity index (χ1n) is 12.1. The number of hydrogen-bond acceptors (Lipinski definition) is 3. The summed E-state index contributed by atoms with van der Waals surface area (Å²) in [5.41, 5.74) is 3.70. The zero-order valence-corrected chi connectivity index (χ0v) is 19.8. The smallest absolute Gasteiger partial charge is 0.272 e. The van der Waals surface area contributed by atoms with Crippen molar-refractivity contribution in [3.8, 4) is 0 Å². The Morgan fingerprint density at radius 2 is 1.61 bits per heavy atom. The van der Waals surface area contributed by atoms with Crippen LogP contribution in [0.3, 0.4) is 0 Å². The monoisotopic (exact) mass is 482 g/mol. The second-order valence-electron chi connectivity index (χ2n) is 8.91. The standard InChI is InChI=1S/C29H27FN4O2/c30-24-13-7-8-21(18-24)20-33-16-17-34-27(29(33)36)19-26(32-34)28(35)31-15-14-25(22-9-3-1-4-10-22)23-11-5-2-6-12-23/h1-13,18-19,25H,14-17,20H2,(H,31,35). The van der Waals surface area contributed by atoms with Crippen LogP contribution in [-0.4, -0.2) is 39.6 Å². The van der Waals surface area contributed by atoms with E-state index in [9.17, 15) is 14.0 Å². The van der Waals surface area contributed by atoms with Crippen LogP contribution >= 0.6 is 0 Å². The summed E-state index contributed by atoms with van der Waals surface area (Å²) in [5.74, 6) is -0.699. The lowest BCUT2D eigenvalue weighted by Gasteiger charge is -2.27. The van der Waals surface area contributed by atoms with Crippen molar-refractivity contribution >= 4 is 11.8 Å². The molecule has 1 aromatic heterocycles. The molecular formula is C29H27FN4O2. The van der Waals surface area contributed by atoms with Gasteiger partial charge >= 0.3 is 0 Å². The van der Waals surface area contributed by atoms with Gasteiger partial charge in [0.1, 0.15) is 11.5 Å². The SMILES string of the molecule is O=C(NCCC(c1ccccc1)c1ccccc1)c1cc2n(n1)CCN(Cc1cccc(F)c1)C2=O. The van der Waals surface area contributed by atoms with Crippen LogP contribution in [0, 0.1) is 5.82 Å². The van der Waals surface area contributed by atoms with Gasteiger partial charge in [-0.15, -0.1) is 0 Å². The Morgan fingerprint density at radius 3 is 2.28 bits per heavy atom. The van der Waals surface area contributed by atoms with Crippen LogP contribution < -0.4 is 5.32 Å². The molecule has 36 heavy (non-hydrogen) atoms. The van der Waals surface area contributed by atoms with E-state index in [2.05, 4.69) is 34.7 Å². The molecule has 0 bridgehead atoms. The molecule has 5 rings (SSSR count). The lowest BCUT2D eigenvalue weighted by atomic mass is 9.88. The zero-order valence-electron chi connectivity index (χ0n) is 19.8. The molecule has 1 aliphatic heterocycles. The fourth-order valence-electron chi connectivity index (χ4n) is 4.67. The molecule has 4 aromatic rings. The van der Waals surface area contributed by atoms with Crippen LogP contribution in [-0.2, 0) is 13.1 Å². The van der Waals surface area contributed by atoms with Gasteiger partial charge in [-0.2, -0.15) is 5.10 Å². The Morgan fingerprint density at radius 1 is 0.917 bits per heavy atom. The normalized spacial score (nSPS) is 13.1. The molecule has 0 atom stereocenters. The average molecular weight is 483 g/mol. The summed E-state index contributed by atoms with van der Waals surface area (Å²) in [6, 6.07) is 28.3. The lowest BCUT2D eigenvalue weighted by molar-refractivity contribution is 0.0682. The van der Waals surface area contributed by atoms with Gasteiger partial charge in [0.05, 0.1) is 6.54 Å². The van der Waals surface area contributed by atoms with E-state index in [1.807, 2.05) is 36.4 Å². The van der Waals surface area contributed by atoms with Crippen LogP contribution in [0.5, 0.6) is 0 Å². The highest BCUT2D eigenvalue weighted by atomic mass is 19.1. The van der Waals surface area contributed by atoms with Gasteiger partial charge in [0.15, 0.2) is 5.69 Å². The van der Waals surface area contributed by atoms with Crippen LogP contribution in [0.1, 0.15) is 50.0 Å². The largest absolute Gasteiger partial charge is 0.351 e. The summed E-state index contributed by atoms with van der Waals surface area (Å²) >= 11 is 0. The fraction of sp³-hybridized carbons (Fsp3) is 0.207. The Hall–Kier alpha value is -4.26. The van der Waals surface area contributed by atoms with Gasteiger partial charge < -0.3 is 10.2 Å². The Balaban J connectivity index is 1.23. The molecule has 0 spiro atoms. The molecule has 0 saturated heterocycles. The first-order valence-corrected chi connectivity index (χ1v) is 12.1. The zero-order chi connectivity index (χ0) is 24.9. The average Bonchev–Trinajstić information content (AvgIpc) is 3.35. The van der Waals surface area contributed by atoms with Gasteiger partial charge in [-0.05, 0) is 35.2 Å². The van der Waals surface area contributed by atoms with Crippen molar-refractivity contribution in [2.24, 2.45) is 0 Å². The lowest BCUT2D eigenvalue weighted by Crippen LogP contribution is -2.39. The minimum absolute atomic E-state index is 0.154. The minimum atomic E-state index is -0.331. The second-order valence-corrected chi connectivity index (χ2v) is 8.91. The Bertz CT molecular complexity index is 1310. The highest BCUT2D eigenvalue weighted by Crippen LogP contribution is 2.27. The molecule has 6 nitrogen and oxygen atoms in total. The van der Waals surface area contributed by atoms with Crippen LogP contribution in [0.2, 0.25) is 0 Å². The number of fused-ring (bicyclic) bond motifs is 1. The van der Waals surface area contributed by atoms with E-state index >= 15 is 0 Å². The fourth-order valence-corrected chi connectivity index (χ4v) is 4.67. The number of halogens is 1. The van der Waals surface area contributed by atoms with Gasteiger partial charge in [0, 0.05) is 31.6 Å². The molecule has 2 amide bonds. The van der Waals surface area contributed by atoms with E-state index in [-0.39, 0.29) is 29.2 Å². The summed E-state index contributed by atoms with van der Waals surface area (Å²) in [6.07, 6.45) is 0.730. The van der Waals surface area contributed by atoms with Gasteiger partial charge in [0.25, 0.3) is 11.8 Å². The van der Waals surface area contributed by atoms with Crippen LogP contribution in [0.4, 0.5) is 4.39 Å². The summed E-state index contributed by atoms with van der Waals surface area (Å²) in [5, 5.41) is 7.34. The molecule has 182 valence electrons. The van der Waals surface area contributed by atoms with E-state index in [1.54, 1.807) is 27.8 Å². The molecule has 0 unspecified atom stereocenters. The van der Waals surface area contributed by atoms with Crippen molar-refractivity contribution in [1.82, 2.24) is 20.0 Å². The molecule has 0 aliphatic carbocycles. The van der Waals surface area contributed by atoms with Crippen molar-refractivity contribution < 1.29 is 14.0 Å². The molecule has 1 aliphatic rings. The number of hydrogen-bond donors (Lipinski definition) is 1. The van der Waals surface area contributed by atoms with E-state index in [0.717, 1.165) is 12.0 Å². The van der Waals surface area contributed by atoms with Crippen molar-refractivity contribution in [2.75, 3.05) is 13.1 Å². The Kier molecular flexibility index (Phi) is 6.89. The number of amides is 2. The van der Waals surface area contributed by atoms with E-state index in [4.69, 9.17) is 0 Å². The molecule has 2 heterocycles. The number of nitrogens with zero attached hydrogens (tertiary/aromatic N) is 3. The van der Waals surface area contributed by atoms with Crippen molar-refractivity contribution in [2.45, 2.75) is 25.4 Å². The highest BCUT2D eigenvalue weighted by molar-refractivity contribution is 5.98. The maximum atomic E-state index is 13.5. The quantitative estimate of drug-likeness (QED) is 0.398. The van der Waals surface area contributed by atoms with Crippen molar-refractivity contribution in [3.05, 3.63) is 125 Å². The van der Waals surface area contributed by atoms with Crippen molar-refractivity contribution in [1.29, 1.82) is 0 Å².